The molecule has 0 aromatic rings. The summed E-state index contributed by atoms with van der Waals surface area (Å²) in [7, 11) is 0. The van der Waals surface area contributed by atoms with Crippen LogP contribution in [0.1, 0.15) is 39.0 Å². The molecular formula is C11H20ClNO2. The van der Waals surface area contributed by atoms with E-state index in [9.17, 15) is 4.79 Å². The molecule has 3 nitrogen and oxygen atoms in total. The number of rotatable bonds is 6. The first-order valence-corrected chi connectivity index (χ1v) is 6.14. The van der Waals surface area contributed by atoms with Crippen LogP contribution in [0, 0.1) is 0 Å². The zero-order valence-corrected chi connectivity index (χ0v) is 10.1. The second kappa shape index (κ2) is 7.07. The average Bonchev–Trinajstić information content (AvgIpc) is 2.66. The predicted octanol–water partition coefficient (Wildman–Crippen LogP) is 2.08. The highest BCUT2D eigenvalue weighted by Crippen LogP contribution is 2.16. The topological polar surface area (TPSA) is 38.3 Å². The van der Waals surface area contributed by atoms with Crippen molar-refractivity contribution in [3.63, 3.8) is 0 Å². The lowest BCUT2D eigenvalue weighted by Gasteiger charge is -2.09. The number of nitrogens with one attached hydrogen (secondary N) is 1. The van der Waals surface area contributed by atoms with Gasteiger partial charge in [-0.25, -0.2) is 0 Å². The molecule has 1 heterocycles. The second-order valence-corrected chi connectivity index (χ2v) is 4.84. The summed E-state index contributed by atoms with van der Waals surface area (Å²) in [6.45, 7) is 3.46. The van der Waals surface area contributed by atoms with Gasteiger partial charge < -0.3 is 10.1 Å². The lowest BCUT2D eigenvalue weighted by Crippen LogP contribution is -2.26. The number of alkyl halides is 1. The maximum atomic E-state index is 11.4. The van der Waals surface area contributed by atoms with Gasteiger partial charge in [-0.15, -0.1) is 11.6 Å². The van der Waals surface area contributed by atoms with Gasteiger partial charge in [-0.2, -0.15) is 0 Å². The fourth-order valence-electron chi connectivity index (χ4n) is 1.66. The van der Waals surface area contributed by atoms with Crippen LogP contribution < -0.4 is 5.32 Å². The smallest absolute Gasteiger partial charge is 0.220 e. The lowest BCUT2D eigenvalue weighted by atomic mass is 10.1. The Morgan fingerprint density at radius 3 is 3.07 bits per heavy atom. The van der Waals surface area contributed by atoms with Crippen LogP contribution in [0.15, 0.2) is 0 Å². The summed E-state index contributed by atoms with van der Waals surface area (Å²) in [5.41, 5.74) is 0. The fraction of sp³-hybridized carbons (Fsp3) is 0.909. The highest BCUT2D eigenvalue weighted by molar-refractivity contribution is 6.20. The maximum absolute atomic E-state index is 11.4. The fourth-order valence-corrected chi connectivity index (χ4v) is 1.77. The molecule has 1 rings (SSSR count). The summed E-state index contributed by atoms with van der Waals surface area (Å²) in [5, 5.41) is 2.99. The van der Waals surface area contributed by atoms with Crippen LogP contribution in [0.25, 0.3) is 0 Å². The van der Waals surface area contributed by atoms with Crippen molar-refractivity contribution in [3.8, 4) is 0 Å². The van der Waals surface area contributed by atoms with Gasteiger partial charge >= 0.3 is 0 Å². The van der Waals surface area contributed by atoms with Crippen molar-refractivity contribution in [2.45, 2.75) is 50.5 Å². The molecule has 88 valence electrons. The summed E-state index contributed by atoms with van der Waals surface area (Å²) in [6.07, 6.45) is 4.79. The van der Waals surface area contributed by atoms with E-state index < -0.39 is 0 Å². The minimum Gasteiger partial charge on any atom is -0.378 e. The molecule has 1 N–H and O–H groups in total. The van der Waals surface area contributed by atoms with Crippen LogP contribution in [0.4, 0.5) is 0 Å². The van der Waals surface area contributed by atoms with Gasteiger partial charge in [0.05, 0.1) is 6.10 Å². The molecule has 0 spiro atoms. The summed E-state index contributed by atoms with van der Waals surface area (Å²) < 4.78 is 5.44. The van der Waals surface area contributed by atoms with E-state index >= 15 is 0 Å². The zero-order valence-electron chi connectivity index (χ0n) is 9.30. The van der Waals surface area contributed by atoms with Crippen molar-refractivity contribution < 1.29 is 9.53 Å². The third kappa shape index (κ3) is 6.00. The Labute approximate surface area is 96.5 Å². The van der Waals surface area contributed by atoms with Crippen molar-refractivity contribution in [2.75, 3.05) is 13.2 Å². The SMILES string of the molecule is CC(Cl)CCNC(=O)CCC1CCCO1. The van der Waals surface area contributed by atoms with E-state index in [2.05, 4.69) is 5.32 Å². The number of hydrogen-bond acceptors (Lipinski definition) is 2. The predicted molar refractivity (Wildman–Crippen MR) is 61.1 cm³/mol. The molecule has 2 unspecified atom stereocenters. The molecule has 2 atom stereocenters. The molecule has 1 aliphatic heterocycles. The van der Waals surface area contributed by atoms with Crippen LogP contribution in [0.3, 0.4) is 0 Å². The van der Waals surface area contributed by atoms with E-state index in [4.69, 9.17) is 16.3 Å². The van der Waals surface area contributed by atoms with Crippen LogP contribution in [0.5, 0.6) is 0 Å². The largest absolute Gasteiger partial charge is 0.378 e. The summed E-state index contributed by atoms with van der Waals surface area (Å²) in [6, 6.07) is 0. The van der Waals surface area contributed by atoms with Crippen LogP contribution in [0.2, 0.25) is 0 Å². The van der Waals surface area contributed by atoms with E-state index in [1.165, 1.54) is 0 Å². The number of amides is 1. The standard InChI is InChI=1S/C11H20ClNO2/c1-9(12)6-7-13-11(14)5-4-10-3-2-8-15-10/h9-10H,2-8H2,1H3,(H,13,14). The van der Waals surface area contributed by atoms with Crippen molar-refractivity contribution in [2.24, 2.45) is 0 Å². The van der Waals surface area contributed by atoms with Gasteiger partial charge in [0.15, 0.2) is 0 Å². The molecule has 4 heteroatoms. The quantitative estimate of drug-likeness (QED) is 0.714. The van der Waals surface area contributed by atoms with E-state index in [1.54, 1.807) is 0 Å². The first-order chi connectivity index (χ1) is 7.18. The van der Waals surface area contributed by atoms with E-state index in [-0.39, 0.29) is 11.3 Å². The minimum atomic E-state index is 0.114. The zero-order chi connectivity index (χ0) is 11.1. The van der Waals surface area contributed by atoms with E-state index in [1.807, 2.05) is 6.92 Å². The highest BCUT2D eigenvalue weighted by atomic mass is 35.5. The lowest BCUT2D eigenvalue weighted by molar-refractivity contribution is -0.121. The summed E-state index contributed by atoms with van der Waals surface area (Å²) in [5.74, 6) is 0.114. The first kappa shape index (κ1) is 12.8. The third-order valence-corrected chi connectivity index (χ3v) is 2.80. The van der Waals surface area contributed by atoms with Gasteiger partial charge in [-0.3, -0.25) is 4.79 Å². The summed E-state index contributed by atoms with van der Waals surface area (Å²) >= 11 is 5.77. The van der Waals surface area contributed by atoms with Gasteiger partial charge in [0.2, 0.25) is 5.91 Å². The Balaban J connectivity index is 1.98. The van der Waals surface area contributed by atoms with Crippen molar-refractivity contribution >= 4 is 17.5 Å². The molecule has 15 heavy (non-hydrogen) atoms. The number of hydrogen-bond donors (Lipinski definition) is 1. The molecular weight excluding hydrogens is 214 g/mol. The molecule has 1 amide bonds. The molecule has 1 fully saturated rings. The van der Waals surface area contributed by atoms with Crippen LogP contribution in [-0.2, 0) is 9.53 Å². The van der Waals surface area contributed by atoms with E-state index in [0.29, 0.717) is 19.1 Å². The molecule has 0 aromatic carbocycles. The Kier molecular flexibility index (Phi) is 6.03. The number of carbonyl (C=O) groups is 1. The number of halogens is 1. The molecule has 0 radical (unpaired) electrons. The van der Waals surface area contributed by atoms with Gasteiger partial charge in [-0.1, -0.05) is 0 Å². The van der Waals surface area contributed by atoms with Gasteiger partial charge in [-0.05, 0) is 32.6 Å². The summed E-state index contributed by atoms with van der Waals surface area (Å²) in [4.78, 5) is 11.4. The Morgan fingerprint density at radius 1 is 1.67 bits per heavy atom. The monoisotopic (exact) mass is 233 g/mol. The maximum Gasteiger partial charge on any atom is 0.220 e. The number of carbonyl (C=O) groups excluding carboxylic acids is 1. The third-order valence-electron chi connectivity index (χ3n) is 2.58. The molecule has 0 aliphatic carbocycles. The van der Waals surface area contributed by atoms with Crippen LogP contribution >= 0.6 is 11.6 Å². The Morgan fingerprint density at radius 2 is 2.47 bits per heavy atom. The van der Waals surface area contributed by atoms with E-state index in [0.717, 1.165) is 32.3 Å². The average molecular weight is 234 g/mol. The van der Waals surface area contributed by atoms with Crippen molar-refractivity contribution in [1.29, 1.82) is 0 Å². The molecule has 0 saturated carbocycles. The molecule has 0 aromatic heterocycles. The second-order valence-electron chi connectivity index (χ2n) is 4.09. The Bertz CT molecular complexity index is 191. The minimum absolute atomic E-state index is 0.114. The van der Waals surface area contributed by atoms with Crippen molar-refractivity contribution in [1.82, 2.24) is 5.32 Å². The molecule has 1 saturated heterocycles. The van der Waals surface area contributed by atoms with Gasteiger partial charge in [0.25, 0.3) is 0 Å². The molecule has 0 bridgehead atoms. The molecule has 1 aliphatic rings. The first-order valence-electron chi connectivity index (χ1n) is 5.71. The van der Waals surface area contributed by atoms with Gasteiger partial charge in [0, 0.05) is 24.9 Å². The van der Waals surface area contributed by atoms with Crippen LogP contribution in [-0.4, -0.2) is 30.5 Å². The Hall–Kier alpha value is -0.280. The normalized spacial score (nSPS) is 22.7. The number of ether oxygens (including phenoxy) is 1. The highest BCUT2D eigenvalue weighted by Gasteiger charge is 2.16. The van der Waals surface area contributed by atoms with Gasteiger partial charge in [0.1, 0.15) is 0 Å². The van der Waals surface area contributed by atoms with Crippen molar-refractivity contribution in [3.05, 3.63) is 0 Å².